The molecule has 0 heterocycles. The summed E-state index contributed by atoms with van der Waals surface area (Å²) in [5, 5.41) is 0. The average Bonchev–Trinajstić information content (AvgIpc) is 2.52. The Bertz CT molecular complexity index is 663. The highest BCUT2D eigenvalue weighted by atomic mass is 15.1. The highest BCUT2D eigenvalue weighted by Gasteiger charge is 2.13. The molecule has 2 aromatic rings. The second-order valence-corrected chi connectivity index (χ2v) is 5.02. The van der Waals surface area contributed by atoms with Crippen LogP contribution < -0.4 is 4.90 Å². The van der Waals surface area contributed by atoms with Crippen molar-refractivity contribution in [3.63, 3.8) is 0 Å². The van der Waals surface area contributed by atoms with E-state index in [2.05, 4.69) is 74.6 Å². The van der Waals surface area contributed by atoms with Gasteiger partial charge in [-0.3, -0.25) is 0 Å². The number of hydrogen-bond donors (Lipinski definition) is 0. The maximum absolute atomic E-state index is 3.92. The van der Waals surface area contributed by atoms with Crippen molar-refractivity contribution in [2.45, 2.75) is 0 Å². The van der Waals surface area contributed by atoms with Crippen LogP contribution in [0.25, 0.3) is 16.7 Å². The van der Waals surface area contributed by atoms with Crippen molar-refractivity contribution >= 4 is 11.3 Å². The number of para-hydroxylation sites is 1. The van der Waals surface area contributed by atoms with E-state index in [1.54, 1.807) is 6.08 Å². The lowest BCUT2D eigenvalue weighted by molar-refractivity contribution is 1.13. The summed E-state index contributed by atoms with van der Waals surface area (Å²) in [5.74, 6) is 0. The minimum absolute atomic E-state index is 1.08. The fraction of sp³-hybridized carbons (Fsp3) is 0.100. The first-order valence-electron chi connectivity index (χ1n) is 7.00. The first-order chi connectivity index (χ1) is 10.2. The molecule has 106 valence electrons. The third kappa shape index (κ3) is 3.14. The first-order valence-corrected chi connectivity index (χ1v) is 7.00. The number of allylic oxidation sites excluding steroid dienone is 4. The van der Waals surface area contributed by atoms with Crippen molar-refractivity contribution in [3.05, 3.63) is 85.5 Å². The van der Waals surface area contributed by atoms with Gasteiger partial charge in [0.25, 0.3) is 0 Å². The highest BCUT2D eigenvalue weighted by molar-refractivity contribution is 5.91. The molecule has 2 rings (SSSR count). The van der Waals surface area contributed by atoms with Crippen LogP contribution in [0.3, 0.4) is 0 Å². The van der Waals surface area contributed by atoms with Crippen LogP contribution in [0.15, 0.2) is 79.9 Å². The van der Waals surface area contributed by atoms with Crippen LogP contribution in [0.1, 0.15) is 5.56 Å². The largest absolute Gasteiger partial charge is 0.377 e. The molecule has 0 radical (unpaired) electrons. The molecule has 0 spiro atoms. The number of rotatable bonds is 5. The van der Waals surface area contributed by atoms with Crippen molar-refractivity contribution in [2.75, 3.05) is 19.0 Å². The molecule has 0 fully saturated rings. The molecule has 0 saturated carbocycles. The predicted molar refractivity (Wildman–Crippen MR) is 94.6 cm³/mol. The molecule has 1 heteroatoms. The van der Waals surface area contributed by atoms with E-state index < -0.39 is 0 Å². The monoisotopic (exact) mass is 275 g/mol. The summed E-state index contributed by atoms with van der Waals surface area (Å²) in [6, 6.07) is 16.8. The van der Waals surface area contributed by atoms with Gasteiger partial charge in [0.05, 0.1) is 5.69 Å². The Hall–Kier alpha value is -2.54. The summed E-state index contributed by atoms with van der Waals surface area (Å²) in [4.78, 5) is 2.15. The smallest absolute Gasteiger partial charge is 0.0520 e. The van der Waals surface area contributed by atoms with E-state index in [0.29, 0.717) is 0 Å². The zero-order valence-corrected chi connectivity index (χ0v) is 12.7. The van der Waals surface area contributed by atoms with Crippen molar-refractivity contribution < 1.29 is 0 Å². The van der Waals surface area contributed by atoms with Crippen molar-refractivity contribution in [1.29, 1.82) is 0 Å². The normalized spacial score (nSPS) is 11.0. The molecule has 0 aliphatic rings. The minimum Gasteiger partial charge on any atom is -0.377 e. The number of anilines is 1. The molecular formula is C20H21N. The maximum atomic E-state index is 3.92. The van der Waals surface area contributed by atoms with Gasteiger partial charge in [-0.1, -0.05) is 79.9 Å². The molecule has 0 N–H and O–H groups in total. The molecule has 0 aliphatic carbocycles. The van der Waals surface area contributed by atoms with Crippen LogP contribution >= 0.6 is 0 Å². The van der Waals surface area contributed by atoms with Crippen molar-refractivity contribution in [2.24, 2.45) is 0 Å². The first kappa shape index (κ1) is 14.9. The molecule has 2 aromatic carbocycles. The molecule has 0 saturated heterocycles. The Labute approximate surface area is 127 Å². The summed E-state index contributed by atoms with van der Waals surface area (Å²) >= 11 is 0. The summed E-state index contributed by atoms with van der Waals surface area (Å²) in [6.45, 7) is 7.72. The zero-order valence-electron chi connectivity index (χ0n) is 12.7. The Kier molecular flexibility index (Phi) is 4.78. The van der Waals surface area contributed by atoms with Crippen LogP contribution in [0, 0.1) is 0 Å². The van der Waals surface area contributed by atoms with Gasteiger partial charge in [-0.2, -0.15) is 0 Å². The lowest BCUT2D eigenvalue weighted by atomic mass is 9.95. The molecule has 0 amide bonds. The minimum atomic E-state index is 1.08. The van der Waals surface area contributed by atoms with E-state index in [1.807, 2.05) is 18.2 Å². The maximum Gasteiger partial charge on any atom is 0.0520 e. The van der Waals surface area contributed by atoms with Crippen LogP contribution in [-0.2, 0) is 0 Å². The third-order valence-electron chi connectivity index (χ3n) is 3.40. The molecule has 0 unspecified atom stereocenters. The van der Waals surface area contributed by atoms with Gasteiger partial charge in [0.1, 0.15) is 0 Å². The molecule has 0 atom stereocenters. The fourth-order valence-corrected chi connectivity index (χ4v) is 2.50. The van der Waals surface area contributed by atoms with Gasteiger partial charge in [-0.15, -0.1) is 0 Å². The van der Waals surface area contributed by atoms with Crippen LogP contribution in [0.5, 0.6) is 0 Å². The van der Waals surface area contributed by atoms with Crippen LogP contribution in [0.4, 0.5) is 5.69 Å². The molecule has 21 heavy (non-hydrogen) atoms. The van der Waals surface area contributed by atoms with Gasteiger partial charge in [-0.25, -0.2) is 0 Å². The molecular weight excluding hydrogens is 254 g/mol. The Balaban J connectivity index is 2.72. The molecule has 0 aromatic heterocycles. The molecule has 1 nitrogen and oxygen atoms in total. The van der Waals surface area contributed by atoms with Gasteiger partial charge in [0.15, 0.2) is 0 Å². The summed E-state index contributed by atoms with van der Waals surface area (Å²) < 4.78 is 0. The second-order valence-electron chi connectivity index (χ2n) is 5.02. The lowest BCUT2D eigenvalue weighted by Crippen LogP contribution is -2.12. The predicted octanol–water partition coefficient (Wildman–Crippen LogP) is 5.18. The van der Waals surface area contributed by atoms with E-state index >= 15 is 0 Å². The Morgan fingerprint density at radius 3 is 2.24 bits per heavy atom. The quantitative estimate of drug-likeness (QED) is 0.680. The van der Waals surface area contributed by atoms with E-state index in [9.17, 15) is 0 Å². The van der Waals surface area contributed by atoms with Gasteiger partial charge in [0, 0.05) is 25.2 Å². The Morgan fingerprint density at radius 2 is 1.67 bits per heavy atom. The standard InChI is InChI=1S/C20H21N/c1-5-11-16(6-2)18-14-10-15-19(20(18)21(3)4)17-12-8-7-9-13-17/h5-15H,1-2H2,3-4H3/b16-11+. The zero-order chi connectivity index (χ0) is 15.2. The van der Waals surface area contributed by atoms with Crippen LogP contribution in [-0.4, -0.2) is 14.1 Å². The Morgan fingerprint density at radius 1 is 0.952 bits per heavy atom. The summed E-state index contributed by atoms with van der Waals surface area (Å²) in [7, 11) is 4.14. The van der Waals surface area contributed by atoms with Crippen molar-refractivity contribution in [3.8, 4) is 11.1 Å². The average molecular weight is 275 g/mol. The molecule has 0 aliphatic heterocycles. The SMILES string of the molecule is C=C/C=C(\C=C)c1cccc(-c2ccccc2)c1N(C)C. The number of hydrogen-bond acceptors (Lipinski definition) is 1. The van der Waals surface area contributed by atoms with E-state index in [-0.39, 0.29) is 0 Å². The second kappa shape index (κ2) is 6.76. The van der Waals surface area contributed by atoms with Crippen LogP contribution in [0.2, 0.25) is 0 Å². The van der Waals surface area contributed by atoms with Gasteiger partial charge in [0.2, 0.25) is 0 Å². The van der Waals surface area contributed by atoms with Gasteiger partial charge >= 0.3 is 0 Å². The number of nitrogens with zero attached hydrogens (tertiary/aromatic N) is 1. The summed E-state index contributed by atoms with van der Waals surface area (Å²) in [5.41, 5.74) is 5.86. The van der Waals surface area contributed by atoms with Gasteiger partial charge in [-0.05, 0) is 11.1 Å². The fourth-order valence-electron chi connectivity index (χ4n) is 2.50. The topological polar surface area (TPSA) is 3.24 Å². The van der Waals surface area contributed by atoms with E-state index in [1.165, 1.54) is 16.8 Å². The summed E-state index contributed by atoms with van der Waals surface area (Å²) in [6.07, 6.45) is 5.66. The van der Waals surface area contributed by atoms with Crippen molar-refractivity contribution in [1.82, 2.24) is 0 Å². The van der Waals surface area contributed by atoms with Gasteiger partial charge < -0.3 is 4.90 Å². The third-order valence-corrected chi connectivity index (χ3v) is 3.40. The van der Waals surface area contributed by atoms with E-state index in [0.717, 1.165) is 11.1 Å². The van der Waals surface area contributed by atoms with E-state index in [4.69, 9.17) is 0 Å². The lowest BCUT2D eigenvalue weighted by Gasteiger charge is -2.22. The highest BCUT2D eigenvalue weighted by Crippen LogP contribution is 2.36. The number of benzene rings is 2. The molecule has 0 bridgehead atoms.